The van der Waals surface area contributed by atoms with E-state index in [1.165, 1.54) is 12.1 Å². The summed E-state index contributed by atoms with van der Waals surface area (Å²) in [5.74, 6) is -1.73. The molecule has 0 bridgehead atoms. The first-order valence-corrected chi connectivity index (χ1v) is 11.8. The molecule has 0 radical (unpaired) electrons. The minimum atomic E-state index is -0.876. The summed E-state index contributed by atoms with van der Waals surface area (Å²) in [7, 11) is 0. The highest BCUT2D eigenvalue weighted by molar-refractivity contribution is 6.00. The topological polar surface area (TPSA) is 92.9 Å². The number of nitrogens with zero attached hydrogens (tertiary/aromatic N) is 2. The Morgan fingerprint density at radius 2 is 1.73 bits per heavy atom. The van der Waals surface area contributed by atoms with Crippen molar-refractivity contribution >= 4 is 23.4 Å². The van der Waals surface area contributed by atoms with Gasteiger partial charge in [-0.15, -0.1) is 0 Å². The van der Waals surface area contributed by atoms with E-state index in [0.717, 1.165) is 27.2 Å². The lowest BCUT2D eigenvalue weighted by Gasteiger charge is -2.22. The third-order valence-corrected chi connectivity index (χ3v) is 6.19. The number of anilines is 2. The van der Waals surface area contributed by atoms with E-state index in [2.05, 4.69) is 5.16 Å². The van der Waals surface area contributed by atoms with Crippen molar-refractivity contribution in [1.82, 2.24) is 5.16 Å². The fraction of sp³-hybridized carbons (Fsp3) is 0.207. The molecule has 4 rings (SSSR count). The Hall–Kier alpha value is -4.46. The molecule has 0 saturated heterocycles. The summed E-state index contributed by atoms with van der Waals surface area (Å²) in [6, 6.07) is 19.0. The van der Waals surface area contributed by atoms with E-state index in [4.69, 9.17) is 9.26 Å². The average Bonchev–Trinajstić information content (AvgIpc) is 3.26. The second kappa shape index (κ2) is 10.7. The SMILES string of the molecule is CCOC(=O)N(c1ccccc1F)c1c(-c2ccc(-c3ccc(C(C)C(=O)O)cc3)c(C)c2)noc1C. The standard InChI is InChI=1S/C29H27FN2O5/c1-5-36-29(35)32(25-9-7-6-8-24(25)30)27-19(4)37-31-26(27)22-14-15-23(17(2)16-22)21-12-10-20(11-13-21)18(3)28(33)34/h6-16,18H,5H2,1-4H3,(H,33,34). The Labute approximate surface area is 214 Å². The fourth-order valence-electron chi connectivity index (χ4n) is 4.18. The summed E-state index contributed by atoms with van der Waals surface area (Å²) >= 11 is 0. The van der Waals surface area contributed by atoms with Crippen molar-refractivity contribution in [3.05, 3.63) is 89.4 Å². The number of para-hydroxylation sites is 1. The van der Waals surface area contributed by atoms with Crippen LogP contribution in [0.15, 0.2) is 71.3 Å². The number of aryl methyl sites for hydroxylation is 2. The zero-order valence-electron chi connectivity index (χ0n) is 21.0. The molecular formula is C29H27FN2O5. The number of hydrogen-bond donors (Lipinski definition) is 1. The molecule has 1 unspecified atom stereocenters. The van der Waals surface area contributed by atoms with Crippen molar-refractivity contribution in [2.24, 2.45) is 0 Å². The maximum absolute atomic E-state index is 14.8. The van der Waals surface area contributed by atoms with E-state index in [-0.39, 0.29) is 12.3 Å². The van der Waals surface area contributed by atoms with E-state index < -0.39 is 23.8 Å². The Morgan fingerprint density at radius 3 is 2.35 bits per heavy atom. The second-order valence-corrected chi connectivity index (χ2v) is 8.63. The normalized spacial score (nSPS) is 11.7. The summed E-state index contributed by atoms with van der Waals surface area (Å²) in [5, 5.41) is 13.4. The van der Waals surface area contributed by atoms with Gasteiger partial charge >= 0.3 is 12.1 Å². The molecule has 0 aliphatic rings. The van der Waals surface area contributed by atoms with Crippen LogP contribution < -0.4 is 4.90 Å². The molecule has 1 aromatic heterocycles. The molecule has 0 aliphatic heterocycles. The highest BCUT2D eigenvalue weighted by Crippen LogP contribution is 2.40. The first kappa shape index (κ1) is 25.6. The van der Waals surface area contributed by atoms with E-state index in [9.17, 15) is 19.1 Å². The summed E-state index contributed by atoms with van der Waals surface area (Å²) in [4.78, 5) is 25.4. The van der Waals surface area contributed by atoms with Gasteiger partial charge in [0.1, 0.15) is 17.2 Å². The van der Waals surface area contributed by atoms with Crippen molar-refractivity contribution in [1.29, 1.82) is 0 Å². The maximum atomic E-state index is 14.8. The lowest BCUT2D eigenvalue weighted by Crippen LogP contribution is -2.28. The third-order valence-electron chi connectivity index (χ3n) is 6.19. The lowest BCUT2D eigenvalue weighted by atomic mass is 9.94. The van der Waals surface area contributed by atoms with Crippen LogP contribution in [0.4, 0.5) is 20.6 Å². The molecule has 8 heteroatoms. The number of halogens is 1. The molecule has 37 heavy (non-hydrogen) atoms. The van der Waals surface area contributed by atoms with Gasteiger partial charge in [-0.2, -0.15) is 0 Å². The number of benzene rings is 3. The number of amides is 1. The van der Waals surface area contributed by atoms with Gasteiger partial charge in [-0.05, 0) is 68.1 Å². The molecule has 0 fully saturated rings. The predicted octanol–water partition coefficient (Wildman–Crippen LogP) is 7.25. The molecule has 1 amide bonds. The van der Waals surface area contributed by atoms with Crippen LogP contribution in [0.25, 0.3) is 22.4 Å². The highest BCUT2D eigenvalue weighted by Gasteiger charge is 2.30. The summed E-state index contributed by atoms with van der Waals surface area (Å²) in [6.07, 6.45) is -0.746. The number of carboxylic acid groups (broad SMARTS) is 1. The van der Waals surface area contributed by atoms with E-state index in [0.29, 0.717) is 22.7 Å². The number of aromatic nitrogens is 1. The van der Waals surface area contributed by atoms with Gasteiger partial charge in [0.05, 0.1) is 18.2 Å². The number of rotatable bonds is 7. The molecule has 1 atom stereocenters. The number of carboxylic acids is 1. The van der Waals surface area contributed by atoms with Crippen LogP contribution in [-0.2, 0) is 9.53 Å². The molecule has 4 aromatic rings. The average molecular weight is 503 g/mol. The number of aliphatic carboxylic acids is 1. The van der Waals surface area contributed by atoms with Gasteiger partial charge in [0.25, 0.3) is 0 Å². The molecule has 0 aliphatic carbocycles. The smallest absolute Gasteiger partial charge is 0.419 e. The van der Waals surface area contributed by atoms with Crippen LogP contribution >= 0.6 is 0 Å². The third kappa shape index (κ3) is 5.09. The Balaban J connectivity index is 1.76. The molecule has 0 saturated carbocycles. The van der Waals surface area contributed by atoms with Crippen LogP contribution in [0.5, 0.6) is 0 Å². The van der Waals surface area contributed by atoms with Crippen molar-refractivity contribution in [3.8, 4) is 22.4 Å². The number of hydrogen-bond acceptors (Lipinski definition) is 5. The minimum Gasteiger partial charge on any atom is -0.481 e. The monoisotopic (exact) mass is 502 g/mol. The van der Waals surface area contributed by atoms with Gasteiger partial charge in [0.2, 0.25) is 0 Å². The van der Waals surface area contributed by atoms with Gasteiger partial charge < -0.3 is 14.4 Å². The van der Waals surface area contributed by atoms with Crippen molar-refractivity contribution < 1.29 is 28.3 Å². The zero-order valence-corrected chi connectivity index (χ0v) is 21.0. The number of carbonyl (C=O) groups is 2. The molecule has 3 aromatic carbocycles. The van der Waals surface area contributed by atoms with Gasteiger partial charge in [-0.25, -0.2) is 14.1 Å². The Morgan fingerprint density at radius 1 is 1.05 bits per heavy atom. The molecule has 1 heterocycles. The van der Waals surface area contributed by atoms with Gasteiger partial charge in [0.15, 0.2) is 5.76 Å². The van der Waals surface area contributed by atoms with E-state index >= 15 is 0 Å². The van der Waals surface area contributed by atoms with E-state index in [1.807, 2.05) is 49.4 Å². The Kier molecular flexibility index (Phi) is 7.38. The van der Waals surface area contributed by atoms with Crippen LogP contribution in [0.3, 0.4) is 0 Å². The van der Waals surface area contributed by atoms with Gasteiger partial charge in [0, 0.05) is 5.56 Å². The summed E-state index contributed by atoms with van der Waals surface area (Å²) < 4.78 is 25.5. The first-order valence-electron chi connectivity index (χ1n) is 11.8. The first-order chi connectivity index (χ1) is 17.7. The van der Waals surface area contributed by atoms with Crippen LogP contribution in [-0.4, -0.2) is 28.9 Å². The van der Waals surface area contributed by atoms with E-state index in [1.54, 1.807) is 32.9 Å². The van der Waals surface area contributed by atoms with Crippen LogP contribution in [0.1, 0.15) is 36.7 Å². The van der Waals surface area contributed by atoms with Crippen LogP contribution in [0.2, 0.25) is 0 Å². The molecule has 1 N–H and O–H groups in total. The quantitative estimate of drug-likeness (QED) is 0.286. The maximum Gasteiger partial charge on any atom is 0.419 e. The van der Waals surface area contributed by atoms with Crippen molar-refractivity contribution in [2.75, 3.05) is 11.5 Å². The van der Waals surface area contributed by atoms with Crippen molar-refractivity contribution in [3.63, 3.8) is 0 Å². The van der Waals surface area contributed by atoms with Crippen LogP contribution in [0, 0.1) is 19.7 Å². The molecule has 0 spiro atoms. The summed E-state index contributed by atoms with van der Waals surface area (Å²) in [6.45, 7) is 7.03. The van der Waals surface area contributed by atoms with Crippen molar-refractivity contribution in [2.45, 2.75) is 33.6 Å². The van der Waals surface area contributed by atoms with Gasteiger partial charge in [-0.1, -0.05) is 53.7 Å². The highest BCUT2D eigenvalue weighted by atomic mass is 19.1. The summed E-state index contributed by atoms with van der Waals surface area (Å²) in [5.41, 5.74) is 4.90. The fourth-order valence-corrected chi connectivity index (χ4v) is 4.18. The second-order valence-electron chi connectivity index (χ2n) is 8.63. The number of ether oxygens (including phenoxy) is 1. The number of carbonyl (C=O) groups excluding carboxylic acids is 1. The molecule has 7 nitrogen and oxygen atoms in total. The predicted molar refractivity (Wildman–Crippen MR) is 138 cm³/mol. The van der Waals surface area contributed by atoms with Gasteiger partial charge in [-0.3, -0.25) is 4.79 Å². The lowest BCUT2D eigenvalue weighted by molar-refractivity contribution is -0.138. The molecular weight excluding hydrogens is 475 g/mol. The Bertz CT molecular complexity index is 1450. The molecule has 190 valence electrons. The minimum absolute atomic E-state index is 0.0255. The zero-order chi connectivity index (χ0) is 26.7. The largest absolute Gasteiger partial charge is 0.481 e.